The van der Waals surface area contributed by atoms with Crippen LogP contribution in [-0.4, -0.2) is 34.5 Å². The van der Waals surface area contributed by atoms with Gasteiger partial charge in [-0.15, -0.1) is 0 Å². The molecule has 8 heteroatoms. The van der Waals surface area contributed by atoms with Crippen molar-refractivity contribution in [3.05, 3.63) is 52.3 Å². The Morgan fingerprint density at radius 3 is 2.91 bits per heavy atom. The van der Waals surface area contributed by atoms with E-state index < -0.39 is 4.92 Å². The van der Waals surface area contributed by atoms with Gasteiger partial charge in [0.2, 0.25) is 5.91 Å². The average Bonchev–Trinajstić information content (AvgIpc) is 2.99. The van der Waals surface area contributed by atoms with Gasteiger partial charge in [0.1, 0.15) is 6.26 Å². The Bertz CT molecular complexity index is 657. The fraction of sp³-hybridized carbons (Fsp3) is 0.286. The second-order valence-corrected chi connectivity index (χ2v) is 4.88. The van der Waals surface area contributed by atoms with Gasteiger partial charge in [-0.05, 0) is 19.5 Å². The lowest BCUT2D eigenvalue weighted by Crippen LogP contribution is -2.32. The molecule has 1 N–H and O–H groups in total. The maximum Gasteiger partial charge on any atom is 0.269 e. The number of nitro groups is 1. The number of hydrogen-bond acceptors (Lipinski definition) is 6. The number of amides is 1. The van der Waals surface area contributed by atoms with Crippen LogP contribution in [0.15, 0.2) is 41.1 Å². The van der Waals surface area contributed by atoms with E-state index in [1.54, 1.807) is 30.1 Å². The molecule has 0 aliphatic heterocycles. The summed E-state index contributed by atoms with van der Waals surface area (Å²) in [6.07, 6.45) is 1.37. The lowest BCUT2D eigenvalue weighted by molar-refractivity contribution is -0.384. The minimum absolute atomic E-state index is 0.0322. The van der Waals surface area contributed by atoms with Gasteiger partial charge in [-0.1, -0.05) is 17.3 Å². The molecule has 2 aromatic rings. The summed E-state index contributed by atoms with van der Waals surface area (Å²) >= 11 is 0. The second-order valence-electron chi connectivity index (χ2n) is 4.88. The van der Waals surface area contributed by atoms with E-state index in [9.17, 15) is 14.9 Å². The van der Waals surface area contributed by atoms with E-state index in [0.717, 1.165) is 5.56 Å². The van der Waals surface area contributed by atoms with Crippen molar-refractivity contribution in [2.24, 2.45) is 0 Å². The Kier molecular flexibility index (Phi) is 4.84. The predicted molar refractivity (Wildman–Crippen MR) is 79.3 cm³/mol. The van der Waals surface area contributed by atoms with E-state index >= 15 is 0 Å². The van der Waals surface area contributed by atoms with Gasteiger partial charge in [0.25, 0.3) is 5.69 Å². The van der Waals surface area contributed by atoms with Gasteiger partial charge in [0.05, 0.1) is 11.5 Å². The molecule has 0 aliphatic carbocycles. The minimum Gasteiger partial charge on any atom is -0.363 e. The number of benzene rings is 1. The van der Waals surface area contributed by atoms with Crippen molar-refractivity contribution in [1.82, 2.24) is 10.1 Å². The van der Waals surface area contributed by atoms with E-state index in [1.807, 2.05) is 6.92 Å². The summed E-state index contributed by atoms with van der Waals surface area (Å²) in [5, 5.41) is 17.0. The van der Waals surface area contributed by atoms with Gasteiger partial charge in [0, 0.05) is 24.2 Å². The highest BCUT2D eigenvalue weighted by molar-refractivity contribution is 5.91. The van der Waals surface area contributed by atoms with Crippen LogP contribution >= 0.6 is 0 Å². The van der Waals surface area contributed by atoms with Crippen LogP contribution in [0, 0.1) is 10.1 Å². The Balaban J connectivity index is 1.99. The third-order valence-electron chi connectivity index (χ3n) is 3.32. The van der Waals surface area contributed by atoms with Gasteiger partial charge < -0.3 is 9.84 Å². The minimum atomic E-state index is -0.437. The molecule has 0 unspecified atom stereocenters. The monoisotopic (exact) mass is 304 g/mol. The molecule has 1 heterocycles. The molecule has 0 fully saturated rings. The maximum absolute atomic E-state index is 11.9. The molecule has 0 aliphatic rings. The Labute approximate surface area is 126 Å². The summed E-state index contributed by atoms with van der Waals surface area (Å²) < 4.78 is 4.63. The summed E-state index contributed by atoms with van der Waals surface area (Å²) in [6.45, 7) is 2.00. The SMILES string of the molecule is C[C@@H](c1cccc([N+](=O)[O-])c1)N(C)CC(=O)Nc1ccon1. The van der Waals surface area contributed by atoms with E-state index in [1.165, 1.54) is 18.4 Å². The quantitative estimate of drug-likeness (QED) is 0.648. The average molecular weight is 304 g/mol. The van der Waals surface area contributed by atoms with Crippen molar-refractivity contribution in [1.29, 1.82) is 0 Å². The number of likely N-dealkylation sites (N-methyl/N-ethyl adjacent to an activating group) is 1. The van der Waals surface area contributed by atoms with Crippen LogP contribution in [0.3, 0.4) is 0 Å². The standard InChI is InChI=1S/C14H16N4O4/c1-10(11-4-3-5-12(8-11)18(20)21)17(2)9-14(19)15-13-6-7-22-16-13/h3-8,10H,9H2,1-2H3,(H,15,16,19)/t10-/m0/s1. The first kappa shape index (κ1) is 15.6. The molecule has 1 aromatic heterocycles. The molecule has 1 atom stereocenters. The molecule has 22 heavy (non-hydrogen) atoms. The normalized spacial score (nSPS) is 12.1. The van der Waals surface area contributed by atoms with Crippen LogP contribution in [0.25, 0.3) is 0 Å². The van der Waals surface area contributed by atoms with Crippen LogP contribution in [0.2, 0.25) is 0 Å². The van der Waals surface area contributed by atoms with E-state index in [-0.39, 0.29) is 24.2 Å². The molecule has 1 amide bonds. The fourth-order valence-electron chi connectivity index (χ4n) is 1.98. The van der Waals surface area contributed by atoms with Gasteiger partial charge in [-0.2, -0.15) is 0 Å². The summed E-state index contributed by atoms with van der Waals surface area (Å²) in [4.78, 5) is 24.1. The Morgan fingerprint density at radius 2 is 2.27 bits per heavy atom. The molecule has 1 aromatic carbocycles. The molecule has 0 saturated heterocycles. The number of nitrogens with one attached hydrogen (secondary N) is 1. The van der Waals surface area contributed by atoms with Crippen molar-refractivity contribution < 1.29 is 14.2 Å². The number of nitro benzene ring substituents is 1. The maximum atomic E-state index is 11.9. The van der Waals surface area contributed by atoms with Crippen LogP contribution in [0.1, 0.15) is 18.5 Å². The van der Waals surface area contributed by atoms with E-state index in [0.29, 0.717) is 5.82 Å². The molecule has 0 saturated carbocycles. The first-order valence-electron chi connectivity index (χ1n) is 6.62. The smallest absolute Gasteiger partial charge is 0.269 e. The van der Waals surface area contributed by atoms with Gasteiger partial charge in [0.15, 0.2) is 5.82 Å². The highest BCUT2D eigenvalue weighted by atomic mass is 16.6. The fourth-order valence-corrected chi connectivity index (χ4v) is 1.98. The first-order valence-corrected chi connectivity index (χ1v) is 6.62. The number of carbonyl (C=O) groups excluding carboxylic acids is 1. The van der Waals surface area contributed by atoms with Crippen molar-refractivity contribution in [3.8, 4) is 0 Å². The van der Waals surface area contributed by atoms with Gasteiger partial charge >= 0.3 is 0 Å². The summed E-state index contributed by atoms with van der Waals surface area (Å²) in [7, 11) is 1.77. The van der Waals surface area contributed by atoms with Gasteiger partial charge in [-0.3, -0.25) is 19.8 Å². The van der Waals surface area contributed by atoms with Crippen LogP contribution in [0.4, 0.5) is 11.5 Å². The summed E-state index contributed by atoms with van der Waals surface area (Å²) in [6, 6.07) is 7.77. The topological polar surface area (TPSA) is 102 Å². The number of nitrogens with zero attached hydrogens (tertiary/aromatic N) is 3. The van der Waals surface area contributed by atoms with Crippen molar-refractivity contribution in [2.75, 3.05) is 18.9 Å². The second kappa shape index (κ2) is 6.81. The Hall–Kier alpha value is -2.74. The zero-order valence-corrected chi connectivity index (χ0v) is 12.2. The molecule has 0 radical (unpaired) electrons. The van der Waals surface area contributed by atoms with Crippen LogP contribution in [0.5, 0.6) is 0 Å². The zero-order valence-electron chi connectivity index (χ0n) is 12.2. The molecule has 0 spiro atoms. The number of anilines is 1. The third kappa shape index (κ3) is 3.89. The highest BCUT2D eigenvalue weighted by Gasteiger charge is 2.17. The molecule has 8 nitrogen and oxygen atoms in total. The van der Waals surface area contributed by atoms with Crippen molar-refractivity contribution >= 4 is 17.4 Å². The summed E-state index contributed by atoms with van der Waals surface area (Å²) in [5.41, 5.74) is 0.802. The summed E-state index contributed by atoms with van der Waals surface area (Å²) in [5.74, 6) is 0.107. The predicted octanol–water partition coefficient (Wildman–Crippen LogP) is 2.21. The van der Waals surface area contributed by atoms with E-state index in [2.05, 4.69) is 15.0 Å². The van der Waals surface area contributed by atoms with Crippen LogP contribution in [-0.2, 0) is 4.79 Å². The van der Waals surface area contributed by atoms with E-state index in [4.69, 9.17) is 0 Å². The number of non-ortho nitro benzene ring substituents is 1. The van der Waals surface area contributed by atoms with Crippen molar-refractivity contribution in [2.45, 2.75) is 13.0 Å². The highest BCUT2D eigenvalue weighted by Crippen LogP contribution is 2.22. The first-order chi connectivity index (χ1) is 10.5. The lowest BCUT2D eigenvalue weighted by atomic mass is 10.1. The van der Waals surface area contributed by atoms with Gasteiger partial charge in [-0.25, -0.2) is 0 Å². The molecular formula is C14H16N4O4. The molecular weight excluding hydrogens is 288 g/mol. The largest absolute Gasteiger partial charge is 0.363 e. The number of aromatic nitrogens is 1. The molecule has 0 bridgehead atoms. The van der Waals surface area contributed by atoms with Crippen molar-refractivity contribution in [3.63, 3.8) is 0 Å². The Morgan fingerprint density at radius 1 is 1.50 bits per heavy atom. The lowest BCUT2D eigenvalue weighted by Gasteiger charge is -2.24. The zero-order chi connectivity index (χ0) is 16.1. The number of rotatable bonds is 6. The third-order valence-corrected chi connectivity index (χ3v) is 3.32. The van der Waals surface area contributed by atoms with Crippen LogP contribution < -0.4 is 5.32 Å². The number of hydrogen-bond donors (Lipinski definition) is 1. The molecule has 116 valence electrons. The molecule has 2 rings (SSSR count). The number of carbonyl (C=O) groups is 1.